The number of amides is 2. The Balaban J connectivity index is 1.62. The van der Waals surface area contributed by atoms with Crippen LogP contribution in [-0.4, -0.2) is 83.1 Å². The van der Waals surface area contributed by atoms with E-state index in [1.807, 2.05) is 30.1 Å². The Morgan fingerprint density at radius 3 is 2.38 bits per heavy atom. The number of aliphatic hydroxyl groups excluding tert-OH is 1. The van der Waals surface area contributed by atoms with E-state index >= 15 is 0 Å². The number of nitrogens with two attached hydrogens (primary N) is 1. The molecule has 1 aliphatic heterocycles. The Hall–Kier alpha value is -3.04. The third-order valence-corrected chi connectivity index (χ3v) is 5.60. The smallest absolute Gasteiger partial charge is 0.231 e. The van der Waals surface area contributed by atoms with Crippen LogP contribution in [0, 0.1) is 5.41 Å². The van der Waals surface area contributed by atoms with Crippen molar-refractivity contribution < 1.29 is 14.7 Å². The van der Waals surface area contributed by atoms with Gasteiger partial charge in [-0.25, -0.2) is 9.97 Å². The van der Waals surface area contributed by atoms with Crippen molar-refractivity contribution in [2.45, 2.75) is 20.4 Å². The van der Waals surface area contributed by atoms with Gasteiger partial charge in [0.15, 0.2) is 0 Å². The van der Waals surface area contributed by atoms with E-state index < -0.39 is 5.41 Å². The minimum Gasteiger partial charge on any atom is -0.395 e. The lowest BCUT2D eigenvalue weighted by Crippen LogP contribution is -2.53. The predicted octanol–water partition coefficient (Wildman–Crippen LogP) is 0.728. The van der Waals surface area contributed by atoms with Crippen LogP contribution in [0.25, 0.3) is 11.1 Å². The van der Waals surface area contributed by atoms with Crippen LogP contribution in [0.2, 0.25) is 0 Å². The number of nitrogens with zero attached hydrogens (tertiary/aromatic N) is 5. The predicted molar refractivity (Wildman–Crippen MR) is 123 cm³/mol. The van der Waals surface area contributed by atoms with Gasteiger partial charge in [-0.05, 0) is 38.1 Å². The number of primary amides is 1. The molecule has 32 heavy (non-hydrogen) atoms. The van der Waals surface area contributed by atoms with E-state index in [9.17, 15) is 14.7 Å². The summed E-state index contributed by atoms with van der Waals surface area (Å²) in [5, 5.41) is 9.44. The van der Waals surface area contributed by atoms with Crippen molar-refractivity contribution >= 4 is 17.8 Å². The second-order valence-electron chi connectivity index (χ2n) is 8.93. The van der Waals surface area contributed by atoms with E-state index in [1.165, 1.54) is 0 Å². The lowest BCUT2D eigenvalue weighted by molar-refractivity contribution is -0.142. The number of piperazine rings is 1. The molecule has 2 amide bonds. The van der Waals surface area contributed by atoms with Gasteiger partial charge >= 0.3 is 0 Å². The molecule has 172 valence electrons. The van der Waals surface area contributed by atoms with Crippen LogP contribution < -0.4 is 10.6 Å². The number of anilines is 1. The molecule has 1 aliphatic rings. The summed E-state index contributed by atoms with van der Waals surface area (Å²) in [7, 11) is 1.85. The van der Waals surface area contributed by atoms with Gasteiger partial charge in [-0.2, -0.15) is 0 Å². The number of hydrogen-bond donors (Lipinski definition) is 2. The van der Waals surface area contributed by atoms with E-state index in [-0.39, 0.29) is 25.0 Å². The molecule has 0 bridgehead atoms. The first-order chi connectivity index (χ1) is 15.2. The Morgan fingerprint density at radius 1 is 1.12 bits per heavy atom. The third-order valence-electron chi connectivity index (χ3n) is 5.60. The molecular formula is C23H32N6O3. The highest BCUT2D eigenvalue weighted by Gasteiger charge is 2.33. The van der Waals surface area contributed by atoms with Crippen molar-refractivity contribution in [3.63, 3.8) is 0 Å². The lowest BCUT2D eigenvalue weighted by atomic mass is 9.92. The number of aliphatic hydroxyl groups is 1. The Kier molecular flexibility index (Phi) is 7.42. The zero-order valence-corrected chi connectivity index (χ0v) is 19.0. The summed E-state index contributed by atoms with van der Waals surface area (Å²) in [4.78, 5) is 38.4. The fourth-order valence-electron chi connectivity index (χ4n) is 3.72. The molecular weight excluding hydrogens is 408 g/mol. The van der Waals surface area contributed by atoms with Crippen LogP contribution in [0.3, 0.4) is 0 Å². The molecule has 0 spiro atoms. The zero-order valence-electron chi connectivity index (χ0n) is 19.0. The minimum atomic E-state index is -0.760. The molecule has 0 atom stereocenters. The van der Waals surface area contributed by atoms with E-state index in [0.717, 1.165) is 16.7 Å². The van der Waals surface area contributed by atoms with E-state index in [1.54, 1.807) is 31.1 Å². The summed E-state index contributed by atoms with van der Waals surface area (Å²) in [5.74, 6) is 0.256. The minimum absolute atomic E-state index is 0.0303. The molecule has 9 nitrogen and oxygen atoms in total. The van der Waals surface area contributed by atoms with Gasteiger partial charge in [0, 0.05) is 50.7 Å². The molecule has 1 fully saturated rings. The van der Waals surface area contributed by atoms with E-state index in [0.29, 0.717) is 38.7 Å². The molecule has 2 aromatic rings. The Labute approximate surface area is 188 Å². The molecule has 9 heteroatoms. The second kappa shape index (κ2) is 10.1. The molecule has 0 unspecified atom stereocenters. The largest absolute Gasteiger partial charge is 0.395 e. The molecule has 3 rings (SSSR count). The molecule has 3 N–H and O–H groups in total. The Morgan fingerprint density at radius 2 is 1.78 bits per heavy atom. The van der Waals surface area contributed by atoms with Crippen molar-refractivity contribution in [1.29, 1.82) is 0 Å². The van der Waals surface area contributed by atoms with Crippen molar-refractivity contribution in [1.82, 2.24) is 19.8 Å². The van der Waals surface area contributed by atoms with Gasteiger partial charge in [-0.3, -0.25) is 14.5 Å². The lowest BCUT2D eigenvalue weighted by Gasteiger charge is -2.38. The van der Waals surface area contributed by atoms with Crippen LogP contribution in [-0.2, 0) is 16.1 Å². The van der Waals surface area contributed by atoms with Gasteiger partial charge in [-0.15, -0.1) is 0 Å². The number of carbonyl (C=O) groups is 2. The molecule has 0 saturated carbocycles. The van der Waals surface area contributed by atoms with Crippen LogP contribution in [0.15, 0.2) is 36.7 Å². The van der Waals surface area contributed by atoms with Crippen LogP contribution >= 0.6 is 0 Å². The van der Waals surface area contributed by atoms with Crippen molar-refractivity contribution in [3.8, 4) is 11.1 Å². The fraction of sp³-hybridized carbons (Fsp3) is 0.478. The van der Waals surface area contributed by atoms with Crippen LogP contribution in [0.4, 0.5) is 5.95 Å². The quantitative estimate of drug-likeness (QED) is 0.622. The van der Waals surface area contributed by atoms with Crippen molar-refractivity contribution in [3.05, 3.63) is 42.2 Å². The van der Waals surface area contributed by atoms with E-state index in [2.05, 4.69) is 20.9 Å². The van der Waals surface area contributed by atoms with Gasteiger partial charge in [0.2, 0.25) is 17.8 Å². The molecule has 0 radical (unpaired) electrons. The molecule has 2 heterocycles. The topological polar surface area (TPSA) is 116 Å². The average Bonchev–Trinajstić information content (AvgIpc) is 2.78. The fourth-order valence-corrected chi connectivity index (χ4v) is 3.72. The molecule has 1 saturated heterocycles. The third kappa shape index (κ3) is 5.80. The first kappa shape index (κ1) is 23.6. The van der Waals surface area contributed by atoms with Gasteiger partial charge in [0.1, 0.15) is 0 Å². The maximum Gasteiger partial charge on any atom is 0.231 e. The maximum atomic E-state index is 12.5. The summed E-state index contributed by atoms with van der Waals surface area (Å²) in [5.41, 5.74) is 7.48. The highest BCUT2D eigenvalue weighted by atomic mass is 16.3. The molecule has 1 aromatic carbocycles. The number of likely N-dealkylation sites (N-methyl/N-ethyl adjacent to an activating group) is 1. The first-order valence-corrected chi connectivity index (χ1v) is 10.7. The maximum absolute atomic E-state index is 12.5. The monoisotopic (exact) mass is 440 g/mol. The van der Waals surface area contributed by atoms with E-state index in [4.69, 9.17) is 5.73 Å². The van der Waals surface area contributed by atoms with Gasteiger partial charge in [0.05, 0.1) is 18.6 Å². The number of hydrogen-bond acceptors (Lipinski definition) is 7. The summed E-state index contributed by atoms with van der Waals surface area (Å²) < 4.78 is 0. The highest BCUT2D eigenvalue weighted by molar-refractivity contribution is 5.82. The number of benzene rings is 1. The summed E-state index contributed by atoms with van der Waals surface area (Å²) in [6, 6.07) is 8.04. The standard InChI is InChI=1S/C23H32N6O3/c1-23(2,16-30)21(32)28-7-9-29(10-8-28)22-25-12-19(13-26-22)18-6-4-5-17(11-18)14-27(3)15-20(24)31/h4-6,11-13,30H,7-10,14-16H2,1-3H3,(H2,24,31). The Bertz CT molecular complexity index is 939. The van der Waals surface area contributed by atoms with Gasteiger partial charge in [0.25, 0.3) is 0 Å². The normalized spacial score (nSPS) is 14.7. The summed E-state index contributed by atoms with van der Waals surface area (Å²) in [6.45, 7) is 6.62. The summed E-state index contributed by atoms with van der Waals surface area (Å²) in [6.07, 6.45) is 3.61. The number of rotatable bonds is 8. The van der Waals surface area contributed by atoms with Crippen LogP contribution in [0.5, 0.6) is 0 Å². The number of carbonyl (C=O) groups excluding carboxylic acids is 2. The SMILES string of the molecule is CN(CC(N)=O)Cc1cccc(-c2cnc(N3CCN(C(=O)C(C)(C)CO)CC3)nc2)c1. The first-order valence-electron chi connectivity index (χ1n) is 10.7. The van der Waals surface area contributed by atoms with Crippen molar-refractivity contribution in [2.75, 3.05) is 51.3 Å². The number of aromatic nitrogens is 2. The molecule has 0 aliphatic carbocycles. The van der Waals surface area contributed by atoms with Crippen LogP contribution in [0.1, 0.15) is 19.4 Å². The molecule has 1 aromatic heterocycles. The van der Waals surface area contributed by atoms with Crippen molar-refractivity contribution in [2.24, 2.45) is 11.1 Å². The second-order valence-corrected chi connectivity index (χ2v) is 8.93. The summed E-state index contributed by atoms with van der Waals surface area (Å²) >= 11 is 0. The zero-order chi connectivity index (χ0) is 23.3. The van der Waals surface area contributed by atoms with Gasteiger partial charge in [-0.1, -0.05) is 18.2 Å². The average molecular weight is 441 g/mol. The van der Waals surface area contributed by atoms with Gasteiger partial charge < -0.3 is 20.6 Å². The highest BCUT2D eigenvalue weighted by Crippen LogP contribution is 2.23.